The van der Waals surface area contributed by atoms with Crippen molar-refractivity contribution in [3.63, 3.8) is 0 Å². The van der Waals surface area contributed by atoms with E-state index in [0.717, 1.165) is 0 Å². The Hall–Kier alpha value is -2.40. The lowest BCUT2D eigenvalue weighted by Crippen LogP contribution is -2.05. The zero-order valence-electron chi connectivity index (χ0n) is 10.0. The van der Waals surface area contributed by atoms with E-state index in [-0.39, 0.29) is 21.7 Å². The van der Waals surface area contributed by atoms with Gasteiger partial charge in [0.25, 0.3) is 5.91 Å². The first kappa shape index (κ1) is 12.6. The minimum Gasteiger partial charge on any atom is -0.328 e. The van der Waals surface area contributed by atoms with E-state index in [0.29, 0.717) is 11.3 Å². The maximum atomic E-state index is 13.9. The molecule has 0 spiro atoms. The summed E-state index contributed by atoms with van der Waals surface area (Å²) in [6, 6.07) is 5.82. The first-order valence-corrected chi connectivity index (χ1v) is 6.14. The molecule has 2 aromatic rings. The molecule has 2 heterocycles. The van der Waals surface area contributed by atoms with Crippen molar-refractivity contribution in [2.45, 2.75) is 0 Å². The van der Waals surface area contributed by atoms with Gasteiger partial charge in [0.05, 0.1) is 16.3 Å². The summed E-state index contributed by atoms with van der Waals surface area (Å²) in [6.07, 6.45) is 2.82. The number of carbonyl (C=O) groups excluding carboxylic acids is 1. The molecule has 1 amide bonds. The molecule has 0 bridgehead atoms. The van der Waals surface area contributed by atoms with E-state index in [1.165, 1.54) is 30.5 Å². The van der Waals surface area contributed by atoms with Gasteiger partial charge in [0, 0.05) is 23.4 Å². The lowest BCUT2D eigenvalue weighted by Gasteiger charge is -2.01. The van der Waals surface area contributed by atoms with Gasteiger partial charge in [-0.1, -0.05) is 23.7 Å². The van der Waals surface area contributed by atoms with Crippen molar-refractivity contribution >= 4 is 34.8 Å². The molecule has 2 N–H and O–H groups in total. The third kappa shape index (κ3) is 2.02. The maximum absolute atomic E-state index is 13.9. The number of anilines is 1. The molecule has 0 fully saturated rings. The number of halogens is 2. The monoisotopic (exact) mass is 290 g/mol. The fourth-order valence-electron chi connectivity index (χ4n) is 2.04. The van der Waals surface area contributed by atoms with Gasteiger partial charge in [0.1, 0.15) is 5.82 Å². The standard InChI is InChI=1S/C14H8ClFN2O2/c15-10-3-1-2-7(13(10)16)4-8-9-6-17-12(19)5-11(9)18-14(8)20/h1-6H,(H,17,19)(H,18,20)/b8-4+. The van der Waals surface area contributed by atoms with Crippen molar-refractivity contribution in [3.8, 4) is 0 Å². The van der Waals surface area contributed by atoms with Crippen molar-refractivity contribution in [1.82, 2.24) is 4.98 Å². The molecule has 1 aliphatic rings. The van der Waals surface area contributed by atoms with Crippen molar-refractivity contribution in [2.75, 3.05) is 5.32 Å². The van der Waals surface area contributed by atoms with Gasteiger partial charge in [-0.15, -0.1) is 0 Å². The molecule has 3 rings (SSSR count). The maximum Gasteiger partial charge on any atom is 0.256 e. The first-order chi connectivity index (χ1) is 9.56. The highest BCUT2D eigenvalue weighted by Gasteiger charge is 2.24. The smallest absolute Gasteiger partial charge is 0.256 e. The highest BCUT2D eigenvalue weighted by atomic mass is 35.5. The molecule has 6 heteroatoms. The molecule has 0 unspecified atom stereocenters. The van der Waals surface area contributed by atoms with Crippen LogP contribution >= 0.6 is 11.6 Å². The Balaban J connectivity index is 2.16. The Morgan fingerprint density at radius 1 is 1.25 bits per heavy atom. The molecule has 100 valence electrons. The number of amides is 1. The van der Waals surface area contributed by atoms with Crippen LogP contribution in [0.3, 0.4) is 0 Å². The highest BCUT2D eigenvalue weighted by molar-refractivity contribution is 6.35. The summed E-state index contributed by atoms with van der Waals surface area (Å²) in [5.74, 6) is -0.981. The van der Waals surface area contributed by atoms with Gasteiger partial charge in [-0.2, -0.15) is 0 Å². The summed E-state index contributed by atoms with van der Waals surface area (Å²) in [7, 11) is 0. The van der Waals surface area contributed by atoms with Crippen molar-refractivity contribution in [3.05, 3.63) is 62.8 Å². The van der Waals surface area contributed by atoms with Crippen molar-refractivity contribution in [2.24, 2.45) is 0 Å². The third-order valence-electron chi connectivity index (χ3n) is 2.99. The largest absolute Gasteiger partial charge is 0.328 e. The Bertz CT molecular complexity index is 811. The van der Waals surface area contributed by atoms with Crippen molar-refractivity contribution in [1.29, 1.82) is 0 Å². The molecule has 1 aromatic heterocycles. The van der Waals surface area contributed by atoms with E-state index in [1.54, 1.807) is 6.07 Å². The Labute approximate surface area is 117 Å². The van der Waals surface area contributed by atoms with Crippen LogP contribution in [0, 0.1) is 5.82 Å². The molecule has 0 atom stereocenters. The van der Waals surface area contributed by atoms with E-state index in [2.05, 4.69) is 10.3 Å². The van der Waals surface area contributed by atoms with E-state index in [9.17, 15) is 14.0 Å². The lowest BCUT2D eigenvalue weighted by atomic mass is 10.1. The summed E-state index contributed by atoms with van der Waals surface area (Å²) < 4.78 is 13.9. The number of aromatic nitrogens is 1. The van der Waals surface area contributed by atoms with Gasteiger partial charge in [0.15, 0.2) is 0 Å². The van der Waals surface area contributed by atoms with Crippen molar-refractivity contribution < 1.29 is 9.18 Å². The summed E-state index contributed by atoms with van der Waals surface area (Å²) >= 11 is 5.70. The number of hydrogen-bond acceptors (Lipinski definition) is 2. The molecule has 0 saturated carbocycles. The van der Waals surface area contributed by atoms with Crippen LogP contribution in [0.4, 0.5) is 10.1 Å². The van der Waals surface area contributed by atoms with E-state index in [1.807, 2.05) is 0 Å². The van der Waals surface area contributed by atoms with Crippen LogP contribution in [0.5, 0.6) is 0 Å². The number of benzene rings is 1. The number of carbonyl (C=O) groups is 1. The van der Waals surface area contributed by atoms with Crippen LogP contribution in [0.15, 0.2) is 35.3 Å². The number of fused-ring (bicyclic) bond motifs is 1. The van der Waals surface area contributed by atoms with Crippen LogP contribution in [0.1, 0.15) is 11.1 Å². The number of rotatable bonds is 1. The Morgan fingerprint density at radius 2 is 2.05 bits per heavy atom. The SMILES string of the molecule is O=C1Nc2cc(=O)[nH]cc2/C1=C\c1cccc(Cl)c1F. The average molecular weight is 291 g/mol. The zero-order valence-corrected chi connectivity index (χ0v) is 10.8. The summed E-state index contributed by atoms with van der Waals surface area (Å²) in [5.41, 5.74) is 1.10. The minimum absolute atomic E-state index is 0.0144. The zero-order chi connectivity index (χ0) is 14.3. The van der Waals surface area contributed by atoms with Gasteiger partial charge in [-0.05, 0) is 12.1 Å². The van der Waals surface area contributed by atoms with Crippen LogP contribution in [0.25, 0.3) is 11.6 Å². The van der Waals surface area contributed by atoms with E-state index in [4.69, 9.17) is 11.6 Å². The second-order valence-corrected chi connectivity index (χ2v) is 4.69. The van der Waals surface area contributed by atoms with Gasteiger partial charge in [-0.3, -0.25) is 9.59 Å². The molecule has 1 aliphatic heterocycles. The Kier molecular flexibility index (Phi) is 2.91. The number of hydrogen-bond donors (Lipinski definition) is 2. The van der Waals surface area contributed by atoms with Crippen LogP contribution in [-0.2, 0) is 4.79 Å². The molecule has 4 nitrogen and oxygen atoms in total. The number of aromatic amines is 1. The fourth-order valence-corrected chi connectivity index (χ4v) is 2.22. The minimum atomic E-state index is -0.590. The molecular formula is C14H8ClFN2O2. The van der Waals surface area contributed by atoms with Crippen LogP contribution in [-0.4, -0.2) is 10.9 Å². The van der Waals surface area contributed by atoms with Gasteiger partial charge >= 0.3 is 0 Å². The van der Waals surface area contributed by atoms with Crippen LogP contribution in [0.2, 0.25) is 5.02 Å². The Morgan fingerprint density at radius 3 is 2.85 bits per heavy atom. The molecule has 0 aliphatic carbocycles. The summed E-state index contributed by atoms with van der Waals surface area (Å²) in [6.45, 7) is 0. The first-order valence-electron chi connectivity index (χ1n) is 5.76. The van der Waals surface area contributed by atoms with Gasteiger partial charge < -0.3 is 10.3 Å². The van der Waals surface area contributed by atoms with Crippen LogP contribution < -0.4 is 10.9 Å². The van der Waals surface area contributed by atoms with E-state index >= 15 is 0 Å². The van der Waals surface area contributed by atoms with E-state index < -0.39 is 11.7 Å². The highest BCUT2D eigenvalue weighted by Crippen LogP contribution is 2.32. The van der Waals surface area contributed by atoms with Gasteiger partial charge in [0.2, 0.25) is 5.56 Å². The fraction of sp³-hybridized carbons (Fsp3) is 0. The second-order valence-electron chi connectivity index (χ2n) is 4.28. The average Bonchev–Trinajstić information content (AvgIpc) is 2.70. The second kappa shape index (κ2) is 4.61. The molecule has 0 radical (unpaired) electrons. The molecule has 1 aromatic carbocycles. The summed E-state index contributed by atoms with van der Waals surface area (Å²) in [4.78, 5) is 25.6. The topological polar surface area (TPSA) is 62.0 Å². The third-order valence-corrected chi connectivity index (χ3v) is 3.28. The molecule has 20 heavy (non-hydrogen) atoms. The predicted octanol–water partition coefficient (Wildman–Crippen LogP) is 2.66. The quantitative estimate of drug-likeness (QED) is 0.793. The molecule has 0 saturated heterocycles. The molecular weight excluding hydrogens is 283 g/mol. The lowest BCUT2D eigenvalue weighted by molar-refractivity contribution is -0.110. The number of H-pyrrole nitrogens is 1. The normalized spacial score (nSPS) is 15.3. The summed E-state index contributed by atoms with van der Waals surface area (Å²) in [5, 5.41) is 2.55. The predicted molar refractivity (Wildman–Crippen MR) is 75.0 cm³/mol. The van der Waals surface area contributed by atoms with Gasteiger partial charge in [-0.25, -0.2) is 4.39 Å². The number of nitrogens with one attached hydrogen (secondary N) is 2. The number of pyridine rings is 1.